The minimum Gasteiger partial charge on any atom is -0.342 e. The average molecular weight is 367 g/mol. The molecule has 5 heteroatoms. The van der Waals surface area contributed by atoms with Crippen molar-refractivity contribution in [2.75, 3.05) is 5.32 Å². The maximum absolute atomic E-state index is 13.5. The highest BCUT2D eigenvalue weighted by Crippen LogP contribution is 2.24. The van der Waals surface area contributed by atoms with E-state index in [1.807, 2.05) is 52.1 Å². The lowest BCUT2D eigenvalue weighted by molar-refractivity contribution is -0.117. The van der Waals surface area contributed by atoms with Gasteiger partial charge in [0, 0.05) is 19.2 Å². The maximum Gasteiger partial charge on any atom is 0.226 e. The molecule has 0 saturated heterocycles. The molecular weight excluding hydrogens is 341 g/mol. The van der Waals surface area contributed by atoms with Crippen LogP contribution in [0, 0.1) is 25.1 Å². The number of fused-ring (bicyclic) bond motifs is 1. The van der Waals surface area contributed by atoms with Crippen molar-refractivity contribution < 1.29 is 9.18 Å². The van der Waals surface area contributed by atoms with E-state index in [0.29, 0.717) is 24.3 Å². The molecule has 2 heterocycles. The molecule has 142 valence electrons. The van der Waals surface area contributed by atoms with Gasteiger partial charge in [0.15, 0.2) is 0 Å². The number of carbonyl (C=O) groups excluding carboxylic acids is 1. The molecule has 0 aliphatic rings. The molecule has 0 bridgehead atoms. The van der Waals surface area contributed by atoms with Gasteiger partial charge in [0.2, 0.25) is 5.91 Å². The van der Waals surface area contributed by atoms with Gasteiger partial charge in [0.1, 0.15) is 11.6 Å². The molecule has 4 nitrogen and oxygen atoms in total. The number of halogens is 1. The Morgan fingerprint density at radius 1 is 1.15 bits per heavy atom. The van der Waals surface area contributed by atoms with Crippen LogP contribution in [0.4, 0.5) is 10.2 Å². The highest BCUT2D eigenvalue weighted by atomic mass is 19.1. The zero-order valence-electron chi connectivity index (χ0n) is 16.6. The number of aryl methyl sites for hydroxylation is 2. The SMILES string of the molecule is Cc1cc(Cn2ccc3nc(NC(=O)CC(C)(C)C)c(C)cc32)ccc1F. The zero-order chi connectivity index (χ0) is 19.8. The predicted octanol–water partition coefficient (Wildman–Crippen LogP) is 5.22. The van der Waals surface area contributed by atoms with Crippen LogP contribution in [0.15, 0.2) is 36.5 Å². The van der Waals surface area contributed by atoms with Crippen LogP contribution < -0.4 is 5.32 Å². The summed E-state index contributed by atoms with van der Waals surface area (Å²) >= 11 is 0. The Kier molecular flexibility index (Phi) is 5.05. The molecule has 0 radical (unpaired) electrons. The number of nitrogens with zero attached hydrogens (tertiary/aromatic N) is 2. The summed E-state index contributed by atoms with van der Waals surface area (Å²) in [6.07, 6.45) is 2.41. The first kappa shape index (κ1) is 19.1. The van der Waals surface area contributed by atoms with Crippen LogP contribution in [0.25, 0.3) is 11.0 Å². The van der Waals surface area contributed by atoms with Gasteiger partial charge in [-0.3, -0.25) is 4.79 Å². The van der Waals surface area contributed by atoms with Crippen LogP contribution in [-0.2, 0) is 11.3 Å². The molecular formula is C22H26FN3O. The molecule has 0 atom stereocenters. The summed E-state index contributed by atoms with van der Waals surface area (Å²) in [5, 5.41) is 2.93. The van der Waals surface area contributed by atoms with Crippen LogP contribution in [0.2, 0.25) is 0 Å². The summed E-state index contributed by atoms with van der Waals surface area (Å²) in [7, 11) is 0. The Bertz CT molecular complexity index is 999. The minimum absolute atomic E-state index is 0.0290. The van der Waals surface area contributed by atoms with Gasteiger partial charge in [-0.2, -0.15) is 0 Å². The van der Waals surface area contributed by atoms with Crippen molar-refractivity contribution in [2.24, 2.45) is 5.41 Å². The van der Waals surface area contributed by atoms with Crippen molar-refractivity contribution in [1.29, 1.82) is 0 Å². The first-order chi connectivity index (χ1) is 12.6. The molecule has 27 heavy (non-hydrogen) atoms. The van der Waals surface area contributed by atoms with E-state index >= 15 is 0 Å². The molecule has 0 spiro atoms. The fraction of sp³-hybridized carbons (Fsp3) is 0.364. The van der Waals surface area contributed by atoms with Gasteiger partial charge in [-0.1, -0.05) is 32.9 Å². The van der Waals surface area contributed by atoms with E-state index in [0.717, 1.165) is 22.2 Å². The van der Waals surface area contributed by atoms with Crippen molar-refractivity contribution in [2.45, 2.75) is 47.6 Å². The first-order valence-electron chi connectivity index (χ1n) is 9.14. The number of hydrogen-bond donors (Lipinski definition) is 1. The molecule has 1 amide bonds. The lowest BCUT2D eigenvalue weighted by atomic mass is 9.92. The molecule has 0 aliphatic carbocycles. The molecule has 0 saturated carbocycles. The number of rotatable bonds is 4. The standard InChI is InChI=1S/C22H26FN3O/c1-14-10-16(6-7-17(14)23)13-26-9-8-18-19(26)11-15(2)21(24-18)25-20(27)12-22(3,4)5/h6-11H,12-13H2,1-5H3,(H,24,25,27). The molecule has 1 aromatic carbocycles. The molecule has 2 aromatic heterocycles. The Labute approximate surface area is 159 Å². The number of pyridine rings is 1. The summed E-state index contributed by atoms with van der Waals surface area (Å²) in [5.41, 5.74) is 4.33. The van der Waals surface area contributed by atoms with Crippen molar-refractivity contribution >= 4 is 22.8 Å². The Hall–Kier alpha value is -2.69. The molecule has 3 rings (SSSR count). The third-order valence-electron chi connectivity index (χ3n) is 4.47. The lowest BCUT2D eigenvalue weighted by Gasteiger charge is -2.17. The zero-order valence-corrected chi connectivity index (χ0v) is 16.6. The van der Waals surface area contributed by atoms with Crippen molar-refractivity contribution in [1.82, 2.24) is 9.55 Å². The van der Waals surface area contributed by atoms with Gasteiger partial charge in [-0.25, -0.2) is 9.37 Å². The number of carbonyl (C=O) groups is 1. The van der Waals surface area contributed by atoms with Gasteiger partial charge in [0.25, 0.3) is 0 Å². The number of anilines is 1. The summed E-state index contributed by atoms with van der Waals surface area (Å²) in [5.74, 6) is 0.384. The van der Waals surface area contributed by atoms with E-state index in [-0.39, 0.29) is 17.1 Å². The smallest absolute Gasteiger partial charge is 0.226 e. The van der Waals surface area contributed by atoms with Crippen LogP contribution in [-0.4, -0.2) is 15.5 Å². The minimum atomic E-state index is -0.190. The lowest BCUT2D eigenvalue weighted by Crippen LogP contribution is -2.20. The van der Waals surface area contributed by atoms with E-state index < -0.39 is 0 Å². The maximum atomic E-state index is 13.5. The number of aromatic nitrogens is 2. The monoisotopic (exact) mass is 367 g/mol. The van der Waals surface area contributed by atoms with Gasteiger partial charge < -0.3 is 9.88 Å². The summed E-state index contributed by atoms with van der Waals surface area (Å²) in [6, 6.07) is 9.14. The largest absolute Gasteiger partial charge is 0.342 e. The Morgan fingerprint density at radius 2 is 1.89 bits per heavy atom. The van der Waals surface area contributed by atoms with Crippen LogP contribution in [0.3, 0.4) is 0 Å². The molecule has 0 fully saturated rings. The van der Waals surface area contributed by atoms with Crippen LogP contribution in [0.5, 0.6) is 0 Å². The van der Waals surface area contributed by atoms with E-state index in [9.17, 15) is 9.18 Å². The van der Waals surface area contributed by atoms with Crippen molar-refractivity contribution in [3.8, 4) is 0 Å². The van der Waals surface area contributed by atoms with Gasteiger partial charge >= 0.3 is 0 Å². The topological polar surface area (TPSA) is 46.9 Å². The quantitative estimate of drug-likeness (QED) is 0.687. The second-order valence-corrected chi connectivity index (χ2v) is 8.37. The average Bonchev–Trinajstić information content (AvgIpc) is 2.91. The highest BCUT2D eigenvalue weighted by Gasteiger charge is 2.17. The molecule has 1 N–H and O–H groups in total. The normalized spacial score (nSPS) is 11.8. The molecule has 0 aliphatic heterocycles. The van der Waals surface area contributed by atoms with Gasteiger partial charge in [0.05, 0.1) is 11.0 Å². The van der Waals surface area contributed by atoms with Crippen LogP contribution >= 0.6 is 0 Å². The fourth-order valence-electron chi connectivity index (χ4n) is 3.13. The van der Waals surface area contributed by atoms with E-state index in [1.165, 1.54) is 6.07 Å². The number of amides is 1. The second kappa shape index (κ2) is 7.14. The third-order valence-corrected chi connectivity index (χ3v) is 4.47. The first-order valence-corrected chi connectivity index (χ1v) is 9.14. The highest BCUT2D eigenvalue weighted by molar-refractivity contribution is 5.92. The molecule has 0 unspecified atom stereocenters. The van der Waals surface area contributed by atoms with Crippen molar-refractivity contribution in [3.63, 3.8) is 0 Å². The van der Waals surface area contributed by atoms with Crippen molar-refractivity contribution in [3.05, 3.63) is 59.0 Å². The molecule has 3 aromatic rings. The fourth-order valence-corrected chi connectivity index (χ4v) is 3.13. The third kappa shape index (κ3) is 4.54. The van der Waals surface area contributed by atoms with Gasteiger partial charge in [-0.05, 0) is 54.2 Å². The number of benzene rings is 1. The Morgan fingerprint density at radius 3 is 2.56 bits per heavy atom. The second-order valence-electron chi connectivity index (χ2n) is 8.37. The summed E-state index contributed by atoms with van der Waals surface area (Å²) in [6.45, 7) is 10.5. The summed E-state index contributed by atoms with van der Waals surface area (Å²) < 4.78 is 15.6. The Balaban J connectivity index is 1.85. The van der Waals surface area contributed by atoms with E-state index in [1.54, 1.807) is 13.0 Å². The number of hydrogen-bond acceptors (Lipinski definition) is 2. The van der Waals surface area contributed by atoms with E-state index in [2.05, 4.69) is 14.9 Å². The van der Waals surface area contributed by atoms with Gasteiger partial charge in [-0.15, -0.1) is 0 Å². The predicted molar refractivity (Wildman–Crippen MR) is 107 cm³/mol. The van der Waals surface area contributed by atoms with Crippen LogP contribution in [0.1, 0.15) is 43.9 Å². The van der Waals surface area contributed by atoms with E-state index in [4.69, 9.17) is 0 Å². The summed E-state index contributed by atoms with van der Waals surface area (Å²) in [4.78, 5) is 16.9. The number of nitrogens with one attached hydrogen (secondary N) is 1.